The Morgan fingerprint density at radius 2 is 1.74 bits per heavy atom. The lowest BCUT2D eigenvalue weighted by Crippen LogP contribution is -2.89. The Labute approximate surface area is 118 Å². The molecule has 0 heterocycles. The zero-order valence-electron chi connectivity index (χ0n) is 13.0. The Hall–Kier alpha value is -1.02. The van der Waals surface area contributed by atoms with Gasteiger partial charge in [0.05, 0.1) is 19.2 Å². The molecule has 2 N–H and O–H groups in total. The molecular formula is C17H30NO+. The minimum absolute atomic E-state index is 0.638. The minimum Gasteiger partial charge on any atom is -0.493 e. The molecule has 0 saturated carbocycles. The molecule has 0 aliphatic rings. The number of benzene rings is 1. The SMILES string of the molecule is CC[C@@H](C)c1ccc(OCCC[NH2+][C@@H](C)CC)cc1. The van der Waals surface area contributed by atoms with Crippen LogP contribution in [0.15, 0.2) is 24.3 Å². The van der Waals surface area contributed by atoms with Crippen molar-refractivity contribution in [2.24, 2.45) is 0 Å². The third-order valence-corrected chi connectivity index (χ3v) is 3.89. The van der Waals surface area contributed by atoms with Crippen molar-refractivity contribution < 1.29 is 10.1 Å². The lowest BCUT2D eigenvalue weighted by Gasteiger charge is -2.11. The topological polar surface area (TPSA) is 25.8 Å². The van der Waals surface area contributed by atoms with Crippen LogP contribution >= 0.6 is 0 Å². The highest BCUT2D eigenvalue weighted by molar-refractivity contribution is 5.29. The van der Waals surface area contributed by atoms with Crippen LogP contribution in [0.5, 0.6) is 5.75 Å². The molecule has 1 aromatic carbocycles. The van der Waals surface area contributed by atoms with Gasteiger partial charge in [0.15, 0.2) is 0 Å². The molecule has 0 unspecified atom stereocenters. The van der Waals surface area contributed by atoms with E-state index in [0.29, 0.717) is 5.92 Å². The smallest absolute Gasteiger partial charge is 0.119 e. The molecule has 1 rings (SSSR count). The van der Waals surface area contributed by atoms with Crippen molar-refractivity contribution in [3.05, 3.63) is 29.8 Å². The van der Waals surface area contributed by atoms with Crippen molar-refractivity contribution in [2.75, 3.05) is 13.2 Å². The maximum absolute atomic E-state index is 5.77. The summed E-state index contributed by atoms with van der Waals surface area (Å²) in [5.41, 5.74) is 1.40. The van der Waals surface area contributed by atoms with Crippen molar-refractivity contribution in [1.29, 1.82) is 0 Å². The van der Waals surface area contributed by atoms with Crippen LogP contribution in [0.2, 0.25) is 0 Å². The predicted octanol–water partition coefficient (Wildman–Crippen LogP) is 3.33. The number of hydrogen-bond acceptors (Lipinski definition) is 1. The van der Waals surface area contributed by atoms with Gasteiger partial charge in [-0.25, -0.2) is 0 Å². The first kappa shape index (κ1) is 16.0. The molecule has 0 saturated heterocycles. The molecule has 0 aromatic heterocycles. The summed E-state index contributed by atoms with van der Waals surface area (Å²) in [6.45, 7) is 11.0. The minimum atomic E-state index is 0.638. The summed E-state index contributed by atoms with van der Waals surface area (Å²) in [6.07, 6.45) is 3.53. The van der Waals surface area contributed by atoms with E-state index in [1.54, 1.807) is 0 Å². The van der Waals surface area contributed by atoms with E-state index in [0.717, 1.165) is 31.4 Å². The van der Waals surface area contributed by atoms with Gasteiger partial charge in [-0.1, -0.05) is 32.9 Å². The van der Waals surface area contributed by atoms with Gasteiger partial charge in [0.2, 0.25) is 0 Å². The fourth-order valence-corrected chi connectivity index (χ4v) is 1.97. The van der Waals surface area contributed by atoms with Gasteiger partial charge in [-0.05, 0) is 43.4 Å². The van der Waals surface area contributed by atoms with E-state index in [1.165, 1.54) is 18.4 Å². The Balaban J connectivity index is 2.23. The van der Waals surface area contributed by atoms with Crippen LogP contribution in [-0.2, 0) is 0 Å². The van der Waals surface area contributed by atoms with Gasteiger partial charge in [0.25, 0.3) is 0 Å². The largest absolute Gasteiger partial charge is 0.493 e. The molecule has 108 valence electrons. The van der Waals surface area contributed by atoms with Gasteiger partial charge in [0.1, 0.15) is 5.75 Å². The van der Waals surface area contributed by atoms with E-state index in [1.807, 2.05) is 0 Å². The van der Waals surface area contributed by atoms with E-state index < -0.39 is 0 Å². The summed E-state index contributed by atoms with van der Waals surface area (Å²) in [7, 11) is 0. The van der Waals surface area contributed by atoms with E-state index >= 15 is 0 Å². The highest BCUT2D eigenvalue weighted by Crippen LogP contribution is 2.21. The molecule has 2 atom stereocenters. The second-order valence-corrected chi connectivity index (χ2v) is 5.49. The molecule has 1 aromatic rings. The lowest BCUT2D eigenvalue weighted by molar-refractivity contribution is -0.686. The average molecular weight is 264 g/mol. The molecule has 0 fully saturated rings. The number of rotatable bonds is 9. The molecule has 0 bridgehead atoms. The fourth-order valence-electron chi connectivity index (χ4n) is 1.97. The van der Waals surface area contributed by atoms with Crippen LogP contribution in [0.3, 0.4) is 0 Å². The number of nitrogens with two attached hydrogens (primary N) is 1. The van der Waals surface area contributed by atoms with Crippen molar-refractivity contribution in [3.8, 4) is 5.75 Å². The zero-order chi connectivity index (χ0) is 14.1. The number of quaternary nitrogens is 1. The molecule has 0 amide bonds. The van der Waals surface area contributed by atoms with Crippen molar-refractivity contribution >= 4 is 0 Å². The molecule has 2 nitrogen and oxygen atoms in total. The Morgan fingerprint density at radius 3 is 2.32 bits per heavy atom. The highest BCUT2D eigenvalue weighted by atomic mass is 16.5. The molecular weight excluding hydrogens is 234 g/mol. The highest BCUT2D eigenvalue weighted by Gasteiger charge is 2.03. The number of ether oxygens (including phenoxy) is 1. The Morgan fingerprint density at radius 1 is 1.05 bits per heavy atom. The molecule has 2 heteroatoms. The van der Waals surface area contributed by atoms with Gasteiger partial charge < -0.3 is 10.1 Å². The second kappa shape index (κ2) is 8.98. The molecule has 0 radical (unpaired) electrons. The Kier molecular flexibility index (Phi) is 7.57. The summed E-state index contributed by atoms with van der Waals surface area (Å²) >= 11 is 0. The van der Waals surface area contributed by atoms with Crippen LogP contribution in [0.4, 0.5) is 0 Å². The molecule has 0 aliphatic heterocycles. The second-order valence-electron chi connectivity index (χ2n) is 5.49. The average Bonchev–Trinajstić information content (AvgIpc) is 2.46. The fraction of sp³-hybridized carbons (Fsp3) is 0.647. The third kappa shape index (κ3) is 6.11. The van der Waals surface area contributed by atoms with Crippen molar-refractivity contribution in [2.45, 2.75) is 58.9 Å². The van der Waals surface area contributed by atoms with Crippen molar-refractivity contribution in [3.63, 3.8) is 0 Å². The summed E-state index contributed by atoms with van der Waals surface area (Å²) in [4.78, 5) is 0. The quantitative estimate of drug-likeness (QED) is 0.680. The van der Waals surface area contributed by atoms with Gasteiger partial charge >= 0.3 is 0 Å². The number of hydrogen-bond donors (Lipinski definition) is 1. The summed E-state index contributed by atoms with van der Waals surface area (Å²) < 4.78 is 5.77. The first-order valence-corrected chi connectivity index (χ1v) is 7.73. The summed E-state index contributed by atoms with van der Waals surface area (Å²) in [6, 6.07) is 9.30. The first-order chi connectivity index (χ1) is 9.17. The first-order valence-electron chi connectivity index (χ1n) is 7.73. The van der Waals surface area contributed by atoms with Crippen LogP contribution < -0.4 is 10.1 Å². The van der Waals surface area contributed by atoms with Crippen LogP contribution in [0.25, 0.3) is 0 Å². The van der Waals surface area contributed by atoms with Gasteiger partial charge in [-0.2, -0.15) is 0 Å². The van der Waals surface area contributed by atoms with Gasteiger partial charge in [-0.15, -0.1) is 0 Å². The van der Waals surface area contributed by atoms with Crippen LogP contribution in [0, 0.1) is 0 Å². The maximum Gasteiger partial charge on any atom is 0.119 e. The van der Waals surface area contributed by atoms with Gasteiger partial charge in [-0.3, -0.25) is 0 Å². The maximum atomic E-state index is 5.77. The summed E-state index contributed by atoms with van der Waals surface area (Å²) in [5, 5.41) is 2.40. The van der Waals surface area contributed by atoms with E-state index in [4.69, 9.17) is 4.74 Å². The molecule has 0 aliphatic carbocycles. The van der Waals surface area contributed by atoms with E-state index in [-0.39, 0.29) is 0 Å². The van der Waals surface area contributed by atoms with E-state index in [2.05, 4.69) is 57.3 Å². The molecule has 19 heavy (non-hydrogen) atoms. The molecule has 0 spiro atoms. The monoisotopic (exact) mass is 264 g/mol. The van der Waals surface area contributed by atoms with E-state index in [9.17, 15) is 0 Å². The van der Waals surface area contributed by atoms with Crippen molar-refractivity contribution in [1.82, 2.24) is 0 Å². The van der Waals surface area contributed by atoms with Crippen LogP contribution in [0.1, 0.15) is 58.4 Å². The Bertz CT molecular complexity index is 334. The summed E-state index contributed by atoms with van der Waals surface area (Å²) in [5.74, 6) is 1.63. The van der Waals surface area contributed by atoms with Crippen LogP contribution in [-0.4, -0.2) is 19.2 Å². The van der Waals surface area contributed by atoms with Gasteiger partial charge in [0, 0.05) is 6.42 Å². The lowest BCUT2D eigenvalue weighted by atomic mass is 9.99. The normalized spacial score (nSPS) is 14.1. The predicted molar refractivity (Wildman–Crippen MR) is 81.8 cm³/mol. The zero-order valence-corrected chi connectivity index (χ0v) is 13.0. The standard InChI is InChI=1S/C17H29NO/c1-5-14(3)16-8-10-17(11-9-16)19-13-7-12-18-15(4)6-2/h8-11,14-15,18H,5-7,12-13H2,1-4H3/p+1/t14-,15+/m1/s1. The third-order valence-electron chi connectivity index (χ3n) is 3.89.